The normalized spacial score (nSPS) is 10.9. The third kappa shape index (κ3) is 4.69. The van der Waals surface area contributed by atoms with Crippen molar-refractivity contribution in [3.8, 4) is 0 Å². The lowest BCUT2D eigenvalue weighted by Gasteiger charge is -2.11. The van der Waals surface area contributed by atoms with Crippen molar-refractivity contribution >= 4 is 44.6 Å². The van der Waals surface area contributed by atoms with Gasteiger partial charge in [-0.15, -0.1) is 9.81 Å². The van der Waals surface area contributed by atoms with Crippen molar-refractivity contribution in [3.05, 3.63) is 70.7 Å². The van der Waals surface area contributed by atoms with Crippen molar-refractivity contribution < 1.29 is 0 Å². The Bertz CT molecular complexity index is 1150. The van der Waals surface area contributed by atoms with E-state index < -0.39 is 0 Å². The highest BCUT2D eigenvalue weighted by Gasteiger charge is 2.08. The maximum absolute atomic E-state index is 11.0. The van der Waals surface area contributed by atoms with Crippen molar-refractivity contribution in [1.29, 1.82) is 0 Å². The SMILES string of the molecule is O=Nc1ccc(NCCCCCCNc2ccc(N=O)c3cccnc23)c2ncccc12. The molecule has 8 heteroatoms. The molecular weight excluding hydrogens is 404 g/mol. The first-order valence-electron chi connectivity index (χ1n) is 10.7. The molecule has 32 heavy (non-hydrogen) atoms. The maximum Gasteiger partial charge on any atom is 0.117 e. The van der Waals surface area contributed by atoms with Crippen molar-refractivity contribution in [2.75, 3.05) is 23.7 Å². The molecule has 0 radical (unpaired) electrons. The molecule has 0 spiro atoms. The quantitative estimate of drug-likeness (QED) is 0.204. The van der Waals surface area contributed by atoms with Crippen LogP contribution in [0.15, 0.2) is 71.3 Å². The minimum Gasteiger partial charge on any atom is -0.383 e. The van der Waals surface area contributed by atoms with Gasteiger partial charge in [-0.25, -0.2) is 0 Å². The Labute approximate surface area is 185 Å². The Balaban J connectivity index is 1.21. The maximum atomic E-state index is 11.0. The first kappa shape index (κ1) is 21.3. The molecule has 0 saturated carbocycles. The molecular formula is C24H24N6O2. The van der Waals surface area contributed by atoms with Crippen molar-refractivity contribution in [1.82, 2.24) is 9.97 Å². The molecule has 0 aliphatic rings. The van der Waals surface area contributed by atoms with Crippen LogP contribution in [0.4, 0.5) is 22.7 Å². The molecule has 0 aliphatic heterocycles. The summed E-state index contributed by atoms with van der Waals surface area (Å²) in [6.07, 6.45) is 7.70. The summed E-state index contributed by atoms with van der Waals surface area (Å²) in [5, 5.41) is 14.5. The average Bonchev–Trinajstić information content (AvgIpc) is 2.85. The Kier molecular flexibility index (Phi) is 6.91. The number of unbranched alkanes of at least 4 members (excludes halogenated alkanes) is 3. The molecule has 2 N–H and O–H groups in total. The van der Waals surface area contributed by atoms with E-state index in [1.165, 1.54) is 0 Å². The van der Waals surface area contributed by atoms with E-state index in [0.717, 1.165) is 72.0 Å². The number of nitrogens with one attached hydrogen (secondary N) is 2. The Hall–Kier alpha value is -3.94. The second-order valence-corrected chi connectivity index (χ2v) is 7.51. The van der Waals surface area contributed by atoms with E-state index in [0.29, 0.717) is 11.4 Å². The van der Waals surface area contributed by atoms with E-state index in [2.05, 4.69) is 31.0 Å². The number of fused-ring (bicyclic) bond motifs is 2. The molecule has 8 nitrogen and oxygen atoms in total. The van der Waals surface area contributed by atoms with Crippen LogP contribution >= 0.6 is 0 Å². The van der Waals surface area contributed by atoms with Gasteiger partial charge < -0.3 is 10.6 Å². The summed E-state index contributed by atoms with van der Waals surface area (Å²) in [6.45, 7) is 1.67. The number of rotatable bonds is 11. The van der Waals surface area contributed by atoms with Crippen LogP contribution < -0.4 is 10.6 Å². The van der Waals surface area contributed by atoms with E-state index in [9.17, 15) is 9.81 Å². The lowest BCUT2D eigenvalue weighted by Crippen LogP contribution is -2.04. The van der Waals surface area contributed by atoms with Gasteiger partial charge in [-0.05, 0) is 71.7 Å². The van der Waals surface area contributed by atoms with Gasteiger partial charge in [0, 0.05) is 36.3 Å². The van der Waals surface area contributed by atoms with Gasteiger partial charge in [0.2, 0.25) is 0 Å². The number of pyridine rings is 2. The van der Waals surface area contributed by atoms with Crippen LogP contribution in [-0.2, 0) is 0 Å². The van der Waals surface area contributed by atoms with Crippen molar-refractivity contribution in [2.24, 2.45) is 10.4 Å². The van der Waals surface area contributed by atoms with Gasteiger partial charge in [-0.3, -0.25) is 9.97 Å². The van der Waals surface area contributed by atoms with E-state index >= 15 is 0 Å². The zero-order valence-corrected chi connectivity index (χ0v) is 17.6. The molecule has 0 aliphatic carbocycles. The first-order valence-corrected chi connectivity index (χ1v) is 10.7. The van der Waals surface area contributed by atoms with Gasteiger partial charge in [0.15, 0.2) is 0 Å². The summed E-state index contributed by atoms with van der Waals surface area (Å²) < 4.78 is 0. The van der Waals surface area contributed by atoms with Gasteiger partial charge in [0.1, 0.15) is 11.4 Å². The van der Waals surface area contributed by atoms with Crippen LogP contribution in [0.3, 0.4) is 0 Å². The second kappa shape index (κ2) is 10.4. The van der Waals surface area contributed by atoms with Crippen LogP contribution in [0.1, 0.15) is 25.7 Å². The molecule has 4 rings (SSSR count). The van der Waals surface area contributed by atoms with Crippen LogP contribution in [0.2, 0.25) is 0 Å². The van der Waals surface area contributed by atoms with Crippen LogP contribution in [0.5, 0.6) is 0 Å². The standard InChI is InChI=1S/C24H24N6O2/c31-29-19-9-11-21(23-17(19)7-5-15-27-23)25-13-3-1-2-4-14-26-22-12-10-20(30-32)18-8-6-16-28-24(18)22/h5-12,15-16,25-26H,1-4,13-14H2. The highest BCUT2D eigenvalue weighted by Crippen LogP contribution is 2.31. The zero-order chi connectivity index (χ0) is 22.2. The van der Waals surface area contributed by atoms with E-state index in [1.807, 2.05) is 24.3 Å². The van der Waals surface area contributed by atoms with Gasteiger partial charge in [0.25, 0.3) is 0 Å². The zero-order valence-electron chi connectivity index (χ0n) is 17.6. The molecule has 0 amide bonds. The minimum absolute atomic E-state index is 0.409. The van der Waals surface area contributed by atoms with E-state index in [-0.39, 0.29) is 0 Å². The topological polar surface area (TPSA) is 109 Å². The highest BCUT2D eigenvalue weighted by atomic mass is 16.3. The lowest BCUT2D eigenvalue weighted by molar-refractivity contribution is 0.671. The number of hydrogen-bond donors (Lipinski definition) is 2. The number of benzene rings is 2. The van der Waals surface area contributed by atoms with Gasteiger partial charge in [0.05, 0.1) is 22.4 Å². The summed E-state index contributed by atoms with van der Waals surface area (Å²) in [4.78, 5) is 30.7. The first-order chi connectivity index (χ1) is 15.8. The molecule has 0 saturated heterocycles. The summed E-state index contributed by atoms with van der Waals surface area (Å²) in [5.74, 6) is 0. The fourth-order valence-electron chi connectivity index (χ4n) is 3.81. The minimum atomic E-state index is 0.409. The van der Waals surface area contributed by atoms with Gasteiger partial charge in [-0.2, -0.15) is 0 Å². The summed E-state index contributed by atoms with van der Waals surface area (Å²) in [6, 6.07) is 14.5. The summed E-state index contributed by atoms with van der Waals surface area (Å²) in [7, 11) is 0. The van der Waals surface area contributed by atoms with E-state index in [4.69, 9.17) is 0 Å². The molecule has 0 fully saturated rings. The summed E-state index contributed by atoms with van der Waals surface area (Å²) >= 11 is 0. The monoisotopic (exact) mass is 428 g/mol. The number of nitrogens with zero attached hydrogens (tertiary/aromatic N) is 4. The molecule has 4 aromatic rings. The third-order valence-corrected chi connectivity index (χ3v) is 5.42. The Morgan fingerprint density at radius 3 is 1.53 bits per heavy atom. The lowest BCUT2D eigenvalue weighted by atomic mass is 10.1. The number of anilines is 2. The Morgan fingerprint density at radius 1 is 0.625 bits per heavy atom. The number of hydrogen-bond acceptors (Lipinski definition) is 8. The molecule has 0 atom stereocenters. The Morgan fingerprint density at radius 2 is 1.09 bits per heavy atom. The average molecular weight is 428 g/mol. The van der Waals surface area contributed by atoms with Crippen molar-refractivity contribution in [2.45, 2.75) is 25.7 Å². The largest absolute Gasteiger partial charge is 0.383 e. The number of aromatic nitrogens is 2. The van der Waals surface area contributed by atoms with E-state index in [1.54, 1.807) is 36.7 Å². The predicted octanol–water partition coefficient (Wildman–Crippen LogP) is 6.66. The highest BCUT2D eigenvalue weighted by molar-refractivity contribution is 5.98. The number of nitroso groups, excluding NO2 is 2. The fraction of sp³-hybridized carbons (Fsp3) is 0.250. The van der Waals surface area contributed by atoms with Gasteiger partial charge >= 0.3 is 0 Å². The van der Waals surface area contributed by atoms with Gasteiger partial charge in [-0.1, -0.05) is 12.8 Å². The molecule has 2 heterocycles. The third-order valence-electron chi connectivity index (χ3n) is 5.42. The summed E-state index contributed by atoms with van der Waals surface area (Å²) in [5.41, 5.74) is 4.19. The second-order valence-electron chi connectivity index (χ2n) is 7.51. The molecule has 0 unspecified atom stereocenters. The van der Waals surface area contributed by atoms with Crippen molar-refractivity contribution in [3.63, 3.8) is 0 Å². The smallest absolute Gasteiger partial charge is 0.117 e. The van der Waals surface area contributed by atoms with Crippen LogP contribution in [0, 0.1) is 9.81 Å². The fourth-order valence-corrected chi connectivity index (χ4v) is 3.81. The molecule has 162 valence electrons. The van der Waals surface area contributed by atoms with Crippen LogP contribution in [-0.4, -0.2) is 23.1 Å². The molecule has 2 aromatic carbocycles. The molecule has 2 aromatic heterocycles. The van der Waals surface area contributed by atoms with Crippen LogP contribution in [0.25, 0.3) is 21.8 Å². The molecule has 0 bridgehead atoms. The predicted molar refractivity (Wildman–Crippen MR) is 130 cm³/mol.